The summed E-state index contributed by atoms with van der Waals surface area (Å²) in [5, 5.41) is 10.2. The summed E-state index contributed by atoms with van der Waals surface area (Å²) in [5.74, 6) is 0.242. The zero-order valence-corrected chi connectivity index (χ0v) is 8.14. The molecule has 3 heteroatoms. The van der Waals surface area contributed by atoms with Crippen LogP contribution in [0.25, 0.3) is 0 Å². The van der Waals surface area contributed by atoms with Crippen molar-refractivity contribution in [1.29, 1.82) is 0 Å². The largest absolute Gasteiger partial charge is 0.507 e. The number of hydrogen-bond donors (Lipinski definition) is 1. The molecule has 1 rings (SSSR count). The Morgan fingerprint density at radius 2 is 2.23 bits per heavy atom. The monoisotopic (exact) mass is 198 g/mol. The van der Waals surface area contributed by atoms with Gasteiger partial charge in [-0.25, -0.2) is 0 Å². The summed E-state index contributed by atoms with van der Waals surface area (Å²) in [6.07, 6.45) is 1.78. The molecule has 13 heavy (non-hydrogen) atoms. The summed E-state index contributed by atoms with van der Waals surface area (Å²) in [4.78, 5) is 10.1. The van der Waals surface area contributed by atoms with E-state index in [4.69, 9.17) is 11.6 Å². The number of carbonyl (C=O) groups excluding carboxylic acids is 1. The minimum atomic E-state index is 0.242. The summed E-state index contributed by atoms with van der Waals surface area (Å²) >= 11 is 5.80. The number of benzene rings is 1. The molecule has 0 heterocycles. The predicted octanol–water partition coefficient (Wildman–Crippen LogP) is 2.49. The van der Waals surface area contributed by atoms with Crippen molar-refractivity contribution in [2.75, 3.05) is 0 Å². The molecule has 0 saturated heterocycles. The number of carbonyl (C=O) groups is 1. The third-order valence-electron chi connectivity index (χ3n) is 1.88. The first-order valence-electron chi connectivity index (χ1n) is 4.06. The van der Waals surface area contributed by atoms with Gasteiger partial charge in [-0.1, -0.05) is 11.6 Å². The average Bonchev–Trinajstić information content (AvgIpc) is 2.09. The highest BCUT2D eigenvalue weighted by Crippen LogP contribution is 2.27. The van der Waals surface area contributed by atoms with Crippen molar-refractivity contribution in [2.45, 2.75) is 19.8 Å². The molecule has 2 nitrogen and oxygen atoms in total. The Labute approximate surface area is 82.2 Å². The lowest BCUT2D eigenvalue weighted by Crippen LogP contribution is -1.89. The Kier molecular flexibility index (Phi) is 3.32. The molecule has 0 bridgehead atoms. The van der Waals surface area contributed by atoms with Crippen LogP contribution in [0, 0.1) is 6.92 Å². The quantitative estimate of drug-likeness (QED) is 0.758. The lowest BCUT2D eigenvalue weighted by Gasteiger charge is -2.06. The lowest BCUT2D eigenvalue weighted by molar-refractivity contribution is -0.107. The van der Waals surface area contributed by atoms with E-state index in [0.29, 0.717) is 17.9 Å². The van der Waals surface area contributed by atoms with Gasteiger partial charge in [0.1, 0.15) is 12.0 Å². The van der Waals surface area contributed by atoms with Crippen molar-refractivity contribution in [3.05, 3.63) is 28.3 Å². The van der Waals surface area contributed by atoms with Gasteiger partial charge < -0.3 is 9.90 Å². The Bertz CT molecular complexity index is 321. The van der Waals surface area contributed by atoms with Gasteiger partial charge in [0.05, 0.1) is 0 Å². The molecule has 70 valence electrons. The van der Waals surface area contributed by atoms with Crippen LogP contribution in [0.2, 0.25) is 5.02 Å². The van der Waals surface area contributed by atoms with E-state index in [-0.39, 0.29) is 5.75 Å². The van der Waals surface area contributed by atoms with Gasteiger partial charge in [0.25, 0.3) is 0 Å². The maximum atomic E-state index is 10.1. The third-order valence-corrected chi connectivity index (χ3v) is 2.09. The molecule has 0 aliphatic carbocycles. The number of aldehydes is 1. The Morgan fingerprint density at radius 3 is 2.85 bits per heavy atom. The van der Waals surface area contributed by atoms with Crippen LogP contribution in [0.1, 0.15) is 17.5 Å². The maximum Gasteiger partial charge on any atom is 0.121 e. The minimum Gasteiger partial charge on any atom is -0.507 e. The molecule has 1 N–H and O–H groups in total. The second kappa shape index (κ2) is 4.28. The molecular formula is C10H11ClO2. The summed E-state index contributed by atoms with van der Waals surface area (Å²) in [6, 6.07) is 3.38. The number of rotatable bonds is 3. The van der Waals surface area contributed by atoms with Crippen LogP contribution in [0.15, 0.2) is 12.1 Å². The molecule has 0 atom stereocenters. The molecule has 0 spiro atoms. The van der Waals surface area contributed by atoms with Gasteiger partial charge in [-0.05, 0) is 36.6 Å². The van der Waals surface area contributed by atoms with Crippen molar-refractivity contribution < 1.29 is 9.90 Å². The fourth-order valence-corrected chi connectivity index (χ4v) is 1.51. The van der Waals surface area contributed by atoms with Crippen LogP contribution in [-0.2, 0) is 11.2 Å². The second-order valence-corrected chi connectivity index (χ2v) is 3.37. The highest BCUT2D eigenvalue weighted by atomic mass is 35.5. The molecular weight excluding hydrogens is 188 g/mol. The van der Waals surface area contributed by atoms with Gasteiger partial charge in [-0.15, -0.1) is 0 Å². The Balaban J connectivity index is 2.98. The van der Waals surface area contributed by atoms with E-state index in [1.165, 1.54) is 0 Å². The first-order chi connectivity index (χ1) is 6.15. The van der Waals surface area contributed by atoms with Crippen molar-refractivity contribution >= 4 is 17.9 Å². The van der Waals surface area contributed by atoms with Gasteiger partial charge in [-0.3, -0.25) is 0 Å². The van der Waals surface area contributed by atoms with E-state index in [0.717, 1.165) is 17.4 Å². The van der Waals surface area contributed by atoms with Gasteiger partial charge >= 0.3 is 0 Å². The molecule has 0 aromatic heterocycles. The SMILES string of the molecule is Cc1cc(Cl)cc(CCC=O)c1O. The number of halogens is 1. The Morgan fingerprint density at radius 1 is 1.54 bits per heavy atom. The standard InChI is InChI=1S/C10H11ClO2/c1-7-5-9(11)6-8(10(7)13)3-2-4-12/h4-6,13H,2-3H2,1H3. The van der Waals surface area contributed by atoms with Crippen LogP contribution >= 0.6 is 11.6 Å². The van der Waals surface area contributed by atoms with E-state index >= 15 is 0 Å². The molecule has 0 amide bonds. The normalized spacial score (nSPS) is 10.0. The van der Waals surface area contributed by atoms with E-state index in [1.54, 1.807) is 19.1 Å². The summed E-state index contributed by atoms with van der Waals surface area (Å²) in [6.45, 7) is 1.78. The zero-order valence-electron chi connectivity index (χ0n) is 7.38. The van der Waals surface area contributed by atoms with E-state index in [9.17, 15) is 9.90 Å². The fourth-order valence-electron chi connectivity index (χ4n) is 1.21. The van der Waals surface area contributed by atoms with Crippen LogP contribution in [0.4, 0.5) is 0 Å². The minimum absolute atomic E-state index is 0.242. The highest BCUT2D eigenvalue weighted by molar-refractivity contribution is 6.30. The van der Waals surface area contributed by atoms with Crippen LogP contribution in [-0.4, -0.2) is 11.4 Å². The van der Waals surface area contributed by atoms with E-state index < -0.39 is 0 Å². The molecule has 1 aromatic rings. The molecule has 0 unspecified atom stereocenters. The zero-order chi connectivity index (χ0) is 9.84. The second-order valence-electron chi connectivity index (χ2n) is 2.94. The van der Waals surface area contributed by atoms with Crippen LogP contribution in [0.5, 0.6) is 5.75 Å². The molecule has 0 fully saturated rings. The fraction of sp³-hybridized carbons (Fsp3) is 0.300. The van der Waals surface area contributed by atoms with Gasteiger partial charge in [0.2, 0.25) is 0 Å². The number of phenolic OH excluding ortho intramolecular Hbond substituents is 1. The predicted molar refractivity (Wildman–Crippen MR) is 52.2 cm³/mol. The number of phenols is 1. The van der Waals surface area contributed by atoms with Crippen molar-refractivity contribution in [1.82, 2.24) is 0 Å². The maximum absolute atomic E-state index is 10.1. The molecule has 0 radical (unpaired) electrons. The van der Waals surface area contributed by atoms with Crippen LogP contribution in [0.3, 0.4) is 0 Å². The Hall–Kier alpha value is -1.02. The topological polar surface area (TPSA) is 37.3 Å². The first kappa shape index (κ1) is 10.1. The molecule has 1 aromatic carbocycles. The number of aryl methyl sites for hydroxylation is 2. The number of aromatic hydroxyl groups is 1. The van der Waals surface area contributed by atoms with Gasteiger partial charge in [0.15, 0.2) is 0 Å². The first-order valence-corrected chi connectivity index (χ1v) is 4.44. The van der Waals surface area contributed by atoms with Crippen molar-refractivity contribution in [3.8, 4) is 5.75 Å². The van der Waals surface area contributed by atoms with Crippen LogP contribution < -0.4 is 0 Å². The molecule has 0 aliphatic heterocycles. The lowest BCUT2D eigenvalue weighted by atomic mass is 10.1. The summed E-state index contributed by atoms with van der Waals surface area (Å²) < 4.78 is 0. The smallest absolute Gasteiger partial charge is 0.121 e. The van der Waals surface area contributed by atoms with E-state index in [2.05, 4.69) is 0 Å². The van der Waals surface area contributed by atoms with Gasteiger partial charge in [0, 0.05) is 11.4 Å². The molecule has 0 aliphatic rings. The molecule has 0 saturated carbocycles. The number of hydrogen-bond acceptors (Lipinski definition) is 2. The summed E-state index contributed by atoms with van der Waals surface area (Å²) in [5.41, 5.74) is 1.48. The van der Waals surface area contributed by atoms with Gasteiger partial charge in [-0.2, -0.15) is 0 Å². The van der Waals surface area contributed by atoms with Crippen molar-refractivity contribution in [2.24, 2.45) is 0 Å². The average molecular weight is 199 g/mol. The highest BCUT2D eigenvalue weighted by Gasteiger charge is 2.05. The third kappa shape index (κ3) is 2.46. The summed E-state index contributed by atoms with van der Waals surface area (Å²) in [7, 11) is 0. The van der Waals surface area contributed by atoms with Crippen molar-refractivity contribution in [3.63, 3.8) is 0 Å². The van der Waals surface area contributed by atoms with E-state index in [1.807, 2.05) is 0 Å².